The van der Waals surface area contributed by atoms with Gasteiger partial charge in [0.1, 0.15) is 0 Å². The van der Waals surface area contributed by atoms with Crippen LogP contribution in [0, 0.1) is 0 Å². The van der Waals surface area contributed by atoms with E-state index in [1.165, 1.54) is 5.56 Å². The van der Waals surface area contributed by atoms with Gasteiger partial charge in [-0.25, -0.2) is 4.98 Å². The summed E-state index contributed by atoms with van der Waals surface area (Å²) >= 11 is 0. The SMILES string of the molecule is c1ccc(COCCOCCOCCOCCn2ccnc2)cc1. The topological polar surface area (TPSA) is 54.7 Å². The van der Waals surface area contributed by atoms with Crippen molar-refractivity contribution >= 4 is 0 Å². The van der Waals surface area contributed by atoms with Crippen LogP contribution in [-0.4, -0.2) is 55.8 Å². The second-order valence-corrected chi connectivity index (χ2v) is 5.18. The normalized spacial score (nSPS) is 11.0. The Morgan fingerprint density at radius 1 is 0.750 bits per heavy atom. The van der Waals surface area contributed by atoms with E-state index in [-0.39, 0.29) is 0 Å². The number of aromatic nitrogens is 2. The van der Waals surface area contributed by atoms with Gasteiger partial charge in [-0.15, -0.1) is 0 Å². The Morgan fingerprint density at radius 3 is 2.00 bits per heavy atom. The lowest BCUT2D eigenvalue weighted by Crippen LogP contribution is -2.13. The van der Waals surface area contributed by atoms with Gasteiger partial charge in [0.15, 0.2) is 0 Å². The van der Waals surface area contributed by atoms with Crippen LogP contribution in [0.2, 0.25) is 0 Å². The molecule has 132 valence electrons. The molecule has 0 fully saturated rings. The predicted molar refractivity (Wildman–Crippen MR) is 90.8 cm³/mol. The summed E-state index contributed by atoms with van der Waals surface area (Å²) in [6.45, 7) is 5.59. The second kappa shape index (κ2) is 12.7. The van der Waals surface area contributed by atoms with Crippen molar-refractivity contribution in [3.63, 3.8) is 0 Å². The summed E-state index contributed by atoms with van der Waals surface area (Å²) < 4.78 is 23.9. The second-order valence-electron chi connectivity index (χ2n) is 5.18. The van der Waals surface area contributed by atoms with E-state index in [1.807, 2.05) is 41.1 Å². The van der Waals surface area contributed by atoms with E-state index in [0.717, 1.165) is 6.54 Å². The quantitative estimate of drug-likeness (QED) is 0.496. The maximum Gasteiger partial charge on any atom is 0.0946 e. The highest BCUT2D eigenvalue weighted by Crippen LogP contribution is 1.99. The molecular weight excluding hydrogens is 308 g/mol. The number of imidazole rings is 1. The molecule has 0 spiro atoms. The first-order valence-electron chi connectivity index (χ1n) is 8.26. The third-order valence-corrected chi connectivity index (χ3v) is 3.28. The molecule has 0 amide bonds. The Hall–Kier alpha value is -1.73. The van der Waals surface area contributed by atoms with Crippen molar-refractivity contribution in [2.75, 3.05) is 46.2 Å². The lowest BCUT2D eigenvalue weighted by atomic mass is 10.2. The first-order valence-corrected chi connectivity index (χ1v) is 8.26. The van der Waals surface area contributed by atoms with Gasteiger partial charge in [-0.3, -0.25) is 0 Å². The van der Waals surface area contributed by atoms with E-state index in [1.54, 1.807) is 12.5 Å². The summed E-state index contributed by atoms with van der Waals surface area (Å²) in [6, 6.07) is 10.1. The Bertz CT molecular complexity index is 505. The standard InChI is InChI=1S/C18H26N2O4/c1-2-4-18(5-3-1)16-24-15-14-23-13-12-22-11-10-21-9-8-20-7-6-19-17-20/h1-7,17H,8-16H2. The minimum Gasteiger partial charge on any atom is -0.377 e. The first-order chi connectivity index (χ1) is 11.9. The van der Waals surface area contributed by atoms with Crippen LogP contribution in [0.25, 0.3) is 0 Å². The summed E-state index contributed by atoms with van der Waals surface area (Å²) in [5, 5.41) is 0. The van der Waals surface area contributed by atoms with Crippen LogP contribution in [0.4, 0.5) is 0 Å². The Morgan fingerprint density at radius 2 is 1.38 bits per heavy atom. The number of ether oxygens (including phenoxy) is 4. The minimum absolute atomic E-state index is 0.573. The van der Waals surface area contributed by atoms with Crippen LogP contribution in [0.5, 0.6) is 0 Å². The van der Waals surface area contributed by atoms with Crippen molar-refractivity contribution in [2.45, 2.75) is 13.2 Å². The zero-order chi connectivity index (χ0) is 16.7. The Balaban J connectivity index is 1.28. The molecule has 0 aliphatic heterocycles. The van der Waals surface area contributed by atoms with Crippen molar-refractivity contribution in [1.82, 2.24) is 9.55 Å². The monoisotopic (exact) mass is 334 g/mol. The van der Waals surface area contributed by atoms with Crippen LogP contribution in [0.3, 0.4) is 0 Å². The lowest BCUT2D eigenvalue weighted by Gasteiger charge is -2.08. The molecule has 2 aromatic rings. The van der Waals surface area contributed by atoms with E-state index < -0.39 is 0 Å². The Kier molecular flexibility index (Phi) is 9.82. The van der Waals surface area contributed by atoms with Gasteiger partial charge in [0, 0.05) is 18.9 Å². The highest BCUT2D eigenvalue weighted by Gasteiger charge is 1.94. The van der Waals surface area contributed by atoms with Crippen LogP contribution in [-0.2, 0) is 32.1 Å². The van der Waals surface area contributed by atoms with Crippen LogP contribution in [0.1, 0.15) is 5.56 Å². The van der Waals surface area contributed by atoms with E-state index in [0.29, 0.717) is 52.9 Å². The molecule has 0 aliphatic carbocycles. The molecule has 24 heavy (non-hydrogen) atoms. The fraction of sp³-hybridized carbons (Fsp3) is 0.500. The average Bonchev–Trinajstić information content (AvgIpc) is 3.13. The van der Waals surface area contributed by atoms with Gasteiger partial charge in [-0.05, 0) is 5.56 Å². The number of hydrogen-bond donors (Lipinski definition) is 0. The minimum atomic E-state index is 0.573. The fourth-order valence-electron chi connectivity index (χ4n) is 2.01. The Labute approximate surface area is 143 Å². The molecule has 2 rings (SSSR count). The molecule has 0 unspecified atom stereocenters. The van der Waals surface area contributed by atoms with Gasteiger partial charge >= 0.3 is 0 Å². The van der Waals surface area contributed by atoms with E-state index in [9.17, 15) is 0 Å². The van der Waals surface area contributed by atoms with Gasteiger partial charge in [-0.1, -0.05) is 30.3 Å². The van der Waals surface area contributed by atoms with Gasteiger partial charge < -0.3 is 23.5 Å². The third kappa shape index (κ3) is 8.79. The third-order valence-electron chi connectivity index (χ3n) is 3.28. The summed E-state index contributed by atoms with van der Waals surface area (Å²) in [7, 11) is 0. The molecular formula is C18H26N2O4. The molecule has 0 saturated heterocycles. The molecule has 0 bridgehead atoms. The molecule has 0 aliphatic rings. The molecule has 1 heterocycles. The van der Waals surface area contributed by atoms with Crippen molar-refractivity contribution < 1.29 is 18.9 Å². The summed E-state index contributed by atoms with van der Waals surface area (Å²) in [5.74, 6) is 0. The van der Waals surface area contributed by atoms with Crippen molar-refractivity contribution in [2.24, 2.45) is 0 Å². The van der Waals surface area contributed by atoms with E-state index in [2.05, 4.69) is 4.98 Å². The lowest BCUT2D eigenvalue weighted by molar-refractivity contribution is -0.00475. The molecule has 6 nitrogen and oxygen atoms in total. The molecule has 0 radical (unpaired) electrons. The van der Waals surface area contributed by atoms with Gasteiger partial charge in [0.25, 0.3) is 0 Å². The number of benzene rings is 1. The van der Waals surface area contributed by atoms with Crippen LogP contribution < -0.4 is 0 Å². The number of hydrogen-bond acceptors (Lipinski definition) is 5. The van der Waals surface area contributed by atoms with Crippen LogP contribution in [0.15, 0.2) is 49.1 Å². The van der Waals surface area contributed by atoms with Crippen molar-refractivity contribution in [3.8, 4) is 0 Å². The van der Waals surface area contributed by atoms with Gasteiger partial charge in [0.2, 0.25) is 0 Å². The van der Waals surface area contributed by atoms with Gasteiger partial charge in [-0.2, -0.15) is 0 Å². The average molecular weight is 334 g/mol. The van der Waals surface area contributed by atoms with Crippen LogP contribution >= 0.6 is 0 Å². The highest BCUT2D eigenvalue weighted by molar-refractivity contribution is 5.13. The van der Waals surface area contributed by atoms with E-state index >= 15 is 0 Å². The number of nitrogens with zero attached hydrogens (tertiary/aromatic N) is 2. The van der Waals surface area contributed by atoms with Crippen molar-refractivity contribution in [1.29, 1.82) is 0 Å². The smallest absolute Gasteiger partial charge is 0.0946 e. The van der Waals surface area contributed by atoms with Gasteiger partial charge in [0.05, 0.1) is 59.2 Å². The fourth-order valence-corrected chi connectivity index (χ4v) is 2.01. The summed E-state index contributed by atoms with van der Waals surface area (Å²) in [6.07, 6.45) is 5.46. The number of rotatable bonds is 14. The maximum absolute atomic E-state index is 5.53. The molecule has 0 atom stereocenters. The predicted octanol–water partition coefficient (Wildman–Crippen LogP) is 2.15. The van der Waals surface area contributed by atoms with E-state index in [4.69, 9.17) is 18.9 Å². The largest absolute Gasteiger partial charge is 0.377 e. The molecule has 1 aromatic heterocycles. The zero-order valence-corrected chi connectivity index (χ0v) is 14.0. The molecule has 0 saturated carbocycles. The molecule has 6 heteroatoms. The summed E-state index contributed by atoms with van der Waals surface area (Å²) in [4.78, 5) is 3.97. The maximum atomic E-state index is 5.53. The molecule has 0 N–H and O–H groups in total. The highest BCUT2D eigenvalue weighted by atomic mass is 16.6. The summed E-state index contributed by atoms with van der Waals surface area (Å²) in [5.41, 5.74) is 1.17. The zero-order valence-electron chi connectivity index (χ0n) is 14.0. The van der Waals surface area contributed by atoms with Crippen molar-refractivity contribution in [3.05, 3.63) is 54.6 Å². The molecule has 1 aromatic carbocycles. The first kappa shape index (κ1) is 18.6.